The van der Waals surface area contributed by atoms with Gasteiger partial charge < -0.3 is 15.2 Å². The first-order valence-electron chi connectivity index (χ1n) is 5.84. The van der Waals surface area contributed by atoms with Crippen LogP contribution in [0.15, 0.2) is 24.3 Å². The van der Waals surface area contributed by atoms with E-state index < -0.39 is 0 Å². The third kappa shape index (κ3) is 2.57. The summed E-state index contributed by atoms with van der Waals surface area (Å²) in [6, 6.07) is 7.74. The molecule has 96 valence electrons. The number of aliphatic hydroxyl groups is 1. The Balaban J connectivity index is 2.36. The fraction of sp³-hybridized carbons (Fsp3) is 0.385. The Morgan fingerprint density at radius 2 is 2.00 bits per heavy atom. The van der Waals surface area contributed by atoms with E-state index in [0.29, 0.717) is 12.4 Å². The lowest BCUT2D eigenvalue weighted by Crippen LogP contribution is -2.29. The molecular weight excluding hydrogens is 230 g/mol. The summed E-state index contributed by atoms with van der Waals surface area (Å²) in [6.45, 7) is 2.33. The number of ether oxygens (including phenoxy) is 1. The molecule has 2 N–H and O–H groups in total. The molecule has 0 aliphatic carbocycles. The Morgan fingerprint density at radius 1 is 1.28 bits per heavy atom. The fourth-order valence-electron chi connectivity index (χ4n) is 1.88. The Hall–Kier alpha value is -1.72. The number of hydrogen-bond donors (Lipinski definition) is 2. The molecule has 5 heteroatoms. The van der Waals surface area contributed by atoms with Gasteiger partial charge in [0.05, 0.1) is 24.9 Å². The molecule has 1 heterocycles. The molecule has 0 saturated carbocycles. The van der Waals surface area contributed by atoms with Gasteiger partial charge in [0.2, 0.25) is 0 Å². The topological polar surface area (TPSA) is 67.3 Å². The predicted octanol–water partition coefficient (Wildman–Crippen LogP) is 1.36. The van der Waals surface area contributed by atoms with Crippen molar-refractivity contribution in [3.8, 4) is 0 Å². The molecule has 1 unspecified atom stereocenters. The molecule has 1 aromatic carbocycles. The summed E-state index contributed by atoms with van der Waals surface area (Å²) in [7, 11) is 1.60. The minimum atomic E-state index is -0.185. The van der Waals surface area contributed by atoms with Crippen molar-refractivity contribution >= 4 is 16.6 Å². The van der Waals surface area contributed by atoms with Crippen LogP contribution in [0.4, 0.5) is 5.82 Å². The number of benzene rings is 1. The first kappa shape index (κ1) is 12.7. The van der Waals surface area contributed by atoms with E-state index in [-0.39, 0.29) is 12.6 Å². The van der Waals surface area contributed by atoms with E-state index in [1.165, 1.54) is 0 Å². The van der Waals surface area contributed by atoms with Gasteiger partial charge in [-0.15, -0.1) is 5.10 Å². The van der Waals surface area contributed by atoms with E-state index in [2.05, 4.69) is 15.5 Å². The van der Waals surface area contributed by atoms with Gasteiger partial charge in [0, 0.05) is 17.9 Å². The maximum absolute atomic E-state index is 9.25. The van der Waals surface area contributed by atoms with Crippen molar-refractivity contribution < 1.29 is 9.84 Å². The summed E-state index contributed by atoms with van der Waals surface area (Å²) in [5, 5.41) is 22.7. The first-order valence-corrected chi connectivity index (χ1v) is 5.84. The quantitative estimate of drug-likeness (QED) is 0.835. The van der Waals surface area contributed by atoms with Gasteiger partial charge in [0.1, 0.15) is 0 Å². The van der Waals surface area contributed by atoms with Crippen LogP contribution in [0.5, 0.6) is 0 Å². The molecule has 0 aliphatic heterocycles. The Bertz CT molecular complexity index is 531. The molecule has 0 radical (unpaired) electrons. The van der Waals surface area contributed by atoms with Crippen LogP contribution in [0.3, 0.4) is 0 Å². The van der Waals surface area contributed by atoms with Gasteiger partial charge >= 0.3 is 0 Å². The molecule has 0 saturated heterocycles. The molecule has 18 heavy (non-hydrogen) atoms. The van der Waals surface area contributed by atoms with Crippen LogP contribution in [-0.2, 0) is 4.74 Å². The summed E-state index contributed by atoms with van der Waals surface area (Å²) >= 11 is 0. The van der Waals surface area contributed by atoms with Crippen molar-refractivity contribution in [3.63, 3.8) is 0 Å². The van der Waals surface area contributed by atoms with Crippen LogP contribution in [0.1, 0.15) is 5.69 Å². The van der Waals surface area contributed by atoms with Gasteiger partial charge in [-0.25, -0.2) is 0 Å². The number of fused-ring (bicyclic) bond motifs is 1. The van der Waals surface area contributed by atoms with Crippen LogP contribution in [-0.4, -0.2) is 41.7 Å². The highest BCUT2D eigenvalue weighted by atomic mass is 16.5. The monoisotopic (exact) mass is 247 g/mol. The average Bonchev–Trinajstić information content (AvgIpc) is 2.41. The second kappa shape index (κ2) is 5.75. The molecule has 0 aliphatic rings. The summed E-state index contributed by atoms with van der Waals surface area (Å²) < 4.78 is 5.03. The number of nitrogens with one attached hydrogen (secondary N) is 1. The van der Waals surface area contributed by atoms with Gasteiger partial charge in [-0.2, -0.15) is 5.10 Å². The van der Waals surface area contributed by atoms with Crippen molar-refractivity contribution in [2.24, 2.45) is 0 Å². The Kier molecular flexibility index (Phi) is 4.07. The number of aliphatic hydroxyl groups excluding tert-OH is 1. The number of hydrogen-bond acceptors (Lipinski definition) is 5. The molecule has 5 nitrogen and oxygen atoms in total. The third-order valence-electron chi connectivity index (χ3n) is 2.80. The smallest absolute Gasteiger partial charge is 0.156 e. The first-order chi connectivity index (χ1) is 8.76. The molecule has 0 amide bonds. The van der Waals surface area contributed by atoms with Crippen LogP contribution < -0.4 is 5.32 Å². The van der Waals surface area contributed by atoms with Crippen LogP contribution in [0.25, 0.3) is 10.8 Å². The van der Waals surface area contributed by atoms with Crippen molar-refractivity contribution in [2.45, 2.75) is 13.0 Å². The van der Waals surface area contributed by atoms with Gasteiger partial charge in [0.25, 0.3) is 0 Å². The van der Waals surface area contributed by atoms with Gasteiger partial charge in [-0.3, -0.25) is 0 Å². The van der Waals surface area contributed by atoms with Crippen LogP contribution >= 0.6 is 0 Å². The molecule has 0 spiro atoms. The lowest BCUT2D eigenvalue weighted by Gasteiger charge is -2.17. The van der Waals surface area contributed by atoms with Crippen molar-refractivity contribution in [1.82, 2.24) is 10.2 Å². The minimum absolute atomic E-state index is 0.0161. The zero-order valence-corrected chi connectivity index (χ0v) is 10.6. The number of rotatable bonds is 5. The van der Waals surface area contributed by atoms with E-state index in [1.807, 2.05) is 31.2 Å². The number of aryl methyl sites for hydroxylation is 1. The number of nitrogens with zero attached hydrogens (tertiary/aromatic N) is 2. The van der Waals surface area contributed by atoms with E-state index >= 15 is 0 Å². The predicted molar refractivity (Wildman–Crippen MR) is 70.6 cm³/mol. The Labute approximate surface area is 106 Å². The number of aromatic nitrogens is 2. The van der Waals surface area contributed by atoms with E-state index in [4.69, 9.17) is 4.74 Å². The second-order valence-corrected chi connectivity index (χ2v) is 4.16. The van der Waals surface area contributed by atoms with Crippen LogP contribution in [0, 0.1) is 6.92 Å². The third-order valence-corrected chi connectivity index (χ3v) is 2.80. The highest BCUT2D eigenvalue weighted by molar-refractivity contribution is 5.92. The summed E-state index contributed by atoms with van der Waals surface area (Å²) in [6.07, 6.45) is 0. The van der Waals surface area contributed by atoms with E-state index in [1.54, 1.807) is 7.11 Å². The standard InChI is InChI=1S/C13H17N3O2/c1-9-11-5-3-4-6-12(11)13(16-15-9)14-10(7-17)8-18-2/h3-6,10,17H,7-8H2,1-2H3,(H,14,16). The normalized spacial score (nSPS) is 12.6. The highest BCUT2D eigenvalue weighted by Crippen LogP contribution is 2.22. The number of methoxy groups -OCH3 is 1. The minimum Gasteiger partial charge on any atom is -0.394 e. The van der Waals surface area contributed by atoms with Gasteiger partial charge in [0.15, 0.2) is 5.82 Å². The molecule has 1 aromatic heterocycles. The molecule has 0 bridgehead atoms. The Morgan fingerprint density at radius 3 is 2.67 bits per heavy atom. The fourth-order valence-corrected chi connectivity index (χ4v) is 1.88. The zero-order chi connectivity index (χ0) is 13.0. The maximum Gasteiger partial charge on any atom is 0.156 e. The molecule has 1 atom stereocenters. The maximum atomic E-state index is 9.25. The molecule has 0 fully saturated rings. The van der Waals surface area contributed by atoms with E-state index in [0.717, 1.165) is 16.5 Å². The average molecular weight is 247 g/mol. The van der Waals surface area contributed by atoms with Gasteiger partial charge in [-0.1, -0.05) is 24.3 Å². The van der Waals surface area contributed by atoms with Crippen molar-refractivity contribution in [3.05, 3.63) is 30.0 Å². The lowest BCUT2D eigenvalue weighted by molar-refractivity contribution is 0.153. The van der Waals surface area contributed by atoms with Crippen LogP contribution in [0.2, 0.25) is 0 Å². The summed E-state index contributed by atoms with van der Waals surface area (Å²) in [5.41, 5.74) is 0.892. The number of anilines is 1. The second-order valence-electron chi connectivity index (χ2n) is 4.16. The largest absolute Gasteiger partial charge is 0.394 e. The molecule has 2 rings (SSSR count). The van der Waals surface area contributed by atoms with Gasteiger partial charge in [-0.05, 0) is 6.92 Å². The lowest BCUT2D eigenvalue weighted by atomic mass is 10.1. The van der Waals surface area contributed by atoms with Crippen molar-refractivity contribution in [2.75, 3.05) is 25.6 Å². The van der Waals surface area contributed by atoms with E-state index in [9.17, 15) is 5.11 Å². The zero-order valence-electron chi connectivity index (χ0n) is 10.6. The highest BCUT2D eigenvalue weighted by Gasteiger charge is 2.11. The molecule has 2 aromatic rings. The summed E-state index contributed by atoms with van der Waals surface area (Å²) in [4.78, 5) is 0. The summed E-state index contributed by atoms with van der Waals surface area (Å²) in [5.74, 6) is 0.673. The molecular formula is C13H17N3O2. The van der Waals surface area contributed by atoms with Crippen molar-refractivity contribution in [1.29, 1.82) is 0 Å². The SMILES string of the molecule is COCC(CO)Nc1nnc(C)c2ccccc12.